The summed E-state index contributed by atoms with van der Waals surface area (Å²) in [6, 6.07) is 8.90. The average Bonchev–Trinajstić information content (AvgIpc) is 2.17. The van der Waals surface area contributed by atoms with Gasteiger partial charge in [0, 0.05) is 11.4 Å². The van der Waals surface area contributed by atoms with E-state index in [1.807, 2.05) is 6.07 Å². The molecule has 4 nitrogen and oxygen atoms in total. The summed E-state index contributed by atoms with van der Waals surface area (Å²) in [6.45, 7) is 2.84. The minimum atomic E-state index is -0.473. The molecule has 0 radical (unpaired) electrons. The summed E-state index contributed by atoms with van der Waals surface area (Å²) in [7, 11) is 0. The van der Waals surface area contributed by atoms with Gasteiger partial charge in [0.1, 0.15) is 5.57 Å². The highest BCUT2D eigenvalue weighted by molar-refractivity contribution is 6.23. The first-order valence-corrected chi connectivity index (χ1v) is 4.86. The zero-order chi connectivity index (χ0) is 12.1. The third-order valence-corrected chi connectivity index (χ3v) is 2.01. The molecular weight excluding hydrogens is 204 g/mol. The van der Waals surface area contributed by atoms with Crippen LogP contribution in [-0.4, -0.2) is 11.7 Å². The molecule has 1 rings (SSSR count). The monoisotopic (exact) mass is 218 g/mol. The van der Waals surface area contributed by atoms with E-state index < -0.39 is 5.91 Å². The van der Waals surface area contributed by atoms with Gasteiger partial charge in [-0.3, -0.25) is 9.59 Å². The number of Topliss-reactive ketones (excluding diaryl/α,β-unsaturated/α-hetero) is 1. The highest BCUT2D eigenvalue weighted by Gasteiger charge is 2.16. The second kappa shape index (κ2) is 5.11. The predicted molar refractivity (Wildman–Crippen MR) is 62.6 cm³/mol. The molecule has 0 saturated carbocycles. The van der Waals surface area contributed by atoms with E-state index in [4.69, 9.17) is 5.73 Å². The summed E-state index contributed by atoms with van der Waals surface area (Å²) in [5.74, 6) is -0.813. The summed E-state index contributed by atoms with van der Waals surface area (Å²) < 4.78 is 0. The number of anilines is 1. The number of para-hydroxylation sites is 1. The molecule has 3 N–H and O–H groups in total. The Morgan fingerprint density at radius 2 is 1.69 bits per heavy atom. The van der Waals surface area contributed by atoms with Gasteiger partial charge < -0.3 is 11.1 Å². The van der Waals surface area contributed by atoms with E-state index in [1.165, 1.54) is 13.8 Å². The van der Waals surface area contributed by atoms with Crippen LogP contribution in [0, 0.1) is 0 Å². The van der Waals surface area contributed by atoms with Gasteiger partial charge in [-0.25, -0.2) is 0 Å². The van der Waals surface area contributed by atoms with Crippen LogP contribution in [0.1, 0.15) is 13.8 Å². The van der Waals surface area contributed by atoms with Crippen LogP contribution in [0.5, 0.6) is 0 Å². The number of nitrogens with one attached hydrogen (secondary N) is 1. The summed E-state index contributed by atoms with van der Waals surface area (Å²) in [5.41, 5.74) is 6.35. The van der Waals surface area contributed by atoms with Crippen molar-refractivity contribution >= 4 is 17.4 Å². The lowest BCUT2D eigenvalue weighted by molar-refractivity contribution is -0.119. The second-order valence-electron chi connectivity index (χ2n) is 3.43. The summed E-state index contributed by atoms with van der Waals surface area (Å²) in [4.78, 5) is 22.9. The Bertz CT molecular complexity index is 432. The maximum absolute atomic E-state index is 11.7. The molecule has 4 heteroatoms. The van der Waals surface area contributed by atoms with Gasteiger partial charge in [0.2, 0.25) is 0 Å². The number of allylic oxidation sites excluding steroid dienone is 1. The summed E-state index contributed by atoms with van der Waals surface area (Å²) in [6.07, 6.45) is 0. The SMILES string of the molecule is CC(=O)/C(C(=O)Nc1ccccc1)=C(\C)N. The van der Waals surface area contributed by atoms with Crippen LogP contribution in [0.4, 0.5) is 5.69 Å². The molecule has 84 valence electrons. The zero-order valence-electron chi connectivity index (χ0n) is 9.28. The fourth-order valence-electron chi connectivity index (χ4n) is 1.33. The van der Waals surface area contributed by atoms with Gasteiger partial charge in [0.15, 0.2) is 5.78 Å². The molecule has 1 aromatic rings. The van der Waals surface area contributed by atoms with Crippen LogP contribution >= 0.6 is 0 Å². The Morgan fingerprint density at radius 1 is 1.12 bits per heavy atom. The van der Waals surface area contributed by atoms with Crippen molar-refractivity contribution in [2.45, 2.75) is 13.8 Å². The zero-order valence-corrected chi connectivity index (χ0v) is 9.28. The van der Waals surface area contributed by atoms with E-state index in [-0.39, 0.29) is 17.1 Å². The lowest BCUT2D eigenvalue weighted by Crippen LogP contribution is -2.22. The van der Waals surface area contributed by atoms with Crippen LogP contribution in [-0.2, 0) is 9.59 Å². The van der Waals surface area contributed by atoms with E-state index in [9.17, 15) is 9.59 Å². The Labute approximate surface area is 94.1 Å². The van der Waals surface area contributed by atoms with Crippen LogP contribution in [0.2, 0.25) is 0 Å². The van der Waals surface area contributed by atoms with Gasteiger partial charge >= 0.3 is 0 Å². The van der Waals surface area contributed by atoms with Gasteiger partial charge in [-0.05, 0) is 26.0 Å². The first-order valence-electron chi connectivity index (χ1n) is 4.86. The molecular formula is C12H14N2O2. The topological polar surface area (TPSA) is 72.2 Å². The molecule has 1 amide bonds. The van der Waals surface area contributed by atoms with E-state index in [0.717, 1.165) is 0 Å². The smallest absolute Gasteiger partial charge is 0.261 e. The molecule has 0 aliphatic heterocycles. The molecule has 1 aromatic carbocycles. The van der Waals surface area contributed by atoms with Gasteiger partial charge in [-0.15, -0.1) is 0 Å². The molecule has 0 unspecified atom stereocenters. The van der Waals surface area contributed by atoms with E-state index in [2.05, 4.69) is 5.32 Å². The maximum Gasteiger partial charge on any atom is 0.261 e. The quantitative estimate of drug-likeness (QED) is 0.458. The largest absolute Gasteiger partial charge is 0.402 e. The molecule has 0 atom stereocenters. The van der Waals surface area contributed by atoms with Gasteiger partial charge in [0.25, 0.3) is 5.91 Å². The van der Waals surface area contributed by atoms with Crippen molar-refractivity contribution in [2.24, 2.45) is 5.73 Å². The third kappa shape index (κ3) is 2.95. The number of rotatable bonds is 3. The number of amides is 1. The number of hydrogen-bond donors (Lipinski definition) is 2. The minimum absolute atomic E-state index is 0.00357. The molecule has 0 aliphatic carbocycles. The fourth-order valence-corrected chi connectivity index (χ4v) is 1.33. The lowest BCUT2D eigenvalue weighted by Gasteiger charge is -2.07. The van der Waals surface area contributed by atoms with Crippen molar-refractivity contribution in [1.29, 1.82) is 0 Å². The van der Waals surface area contributed by atoms with Gasteiger partial charge in [0.05, 0.1) is 0 Å². The van der Waals surface area contributed by atoms with Crippen LogP contribution in [0.3, 0.4) is 0 Å². The van der Waals surface area contributed by atoms with E-state index in [0.29, 0.717) is 5.69 Å². The van der Waals surface area contributed by atoms with Crippen molar-refractivity contribution < 1.29 is 9.59 Å². The van der Waals surface area contributed by atoms with Crippen LogP contribution < -0.4 is 11.1 Å². The molecule has 0 heterocycles. The third-order valence-electron chi connectivity index (χ3n) is 2.01. The molecule has 16 heavy (non-hydrogen) atoms. The molecule has 0 aliphatic rings. The molecule has 0 saturated heterocycles. The number of nitrogens with two attached hydrogens (primary N) is 1. The first kappa shape index (κ1) is 12.0. The Kier molecular flexibility index (Phi) is 3.83. The summed E-state index contributed by atoms with van der Waals surface area (Å²) >= 11 is 0. The Morgan fingerprint density at radius 3 is 2.12 bits per heavy atom. The van der Waals surface area contributed by atoms with Crippen molar-refractivity contribution in [3.05, 3.63) is 41.6 Å². The van der Waals surface area contributed by atoms with Crippen molar-refractivity contribution in [1.82, 2.24) is 0 Å². The molecule has 0 fully saturated rings. The van der Waals surface area contributed by atoms with E-state index >= 15 is 0 Å². The Balaban J connectivity index is 2.88. The molecule has 0 aromatic heterocycles. The molecule has 0 bridgehead atoms. The number of ketones is 1. The fraction of sp³-hybridized carbons (Fsp3) is 0.167. The lowest BCUT2D eigenvalue weighted by atomic mass is 10.1. The van der Waals surface area contributed by atoms with Crippen molar-refractivity contribution in [3.8, 4) is 0 Å². The van der Waals surface area contributed by atoms with Crippen molar-refractivity contribution in [2.75, 3.05) is 5.32 Å². The summed E-state index contributed by atoms with van der Waals surface area (Å²) in [5, 5.41) is 2.61. The van der Waals surface area contributed by atoms with Crippen molar-refractivity contribution in [3.63, 3.8) is 0 Å². The van der Waals surface area contributed by atoms with Crippen LogP contribution in [0.15, 0.2) is 41.6 Å². The van der Waals surface area contributed by atoms with Gasteiger partial charge in [-0.1, -0.05) is 18.2 Å². The maximum atomic E-state index is 11.7. The predicted octanol–water partition coefficient (Wildman–Crippen LogP) is 1.45. The van der Waals surface area contributed by atoms with Gasteiger partial charge in [-0.2, -0.15) is 0 Å². The first-order chi connectivity index (χ1) is 7.52. The average molecular weight is 218 g/mol. The second-order valence-corrected chi connectivity index (χ2v) is 3.43. The van der Waals surface area contributed by atoms with E-state index in [1.54, 1.807) is 24.3 Å². The number of carbonyl (C=O) groups is 2. The standard InChI is InChI=1S/C12H14N2O2/c1-8(13)11(9(2)15)12(16)14-10-6-4-3-5-7-10/h3-7H,13H2,1-2H3,(H,14,16)/b11-8-. The highest BCUT2D eigenvalue weighted by Crippen LogP contribution is 2.09. The normalized spacial score (nSPS) is 11.6. The highest BCUT2D eigenvalue weighted by atomic mass is 16.2. The minimum Gasteiger partial charge on any atom is -0.402 e. The van der Waals surface area contributed by atoms with Crippen LogP contribution in [0.25, 0.3) is 0 Å². The molecule has 0 spiro atoms. The number of benzene rings is 1. The Hall–Kier alpha value is -2.10. The number of carbonyl (C=O) groups excluding carboxylic acids is 2. The number of hydrogen-bond acceptors (Lipinski definition) is 3.